The zero-order valence-corrected chi connectivity index (χ0v) is 35.9. The minimum absolute atomic E-state index is 0.141. The Balaban J connectivity index is 0.000000227. The Morgan fingerprint density at radius 2 is 0.966 bits per heavy atom. The first-order chi connectivity index (χ1) is 27.6. The van der Waals surface area contributed by atoms with Gasteiger partial charge in [-0.3, -0.25) is 14.4 Å². The second-order valence-corrected chi connectivity index (χ2v) is 18.4. The topological polar surface area (TPSA) is 110 Å². The van der Waals surface area contributed by atoms with Crippen LogP contribution < -0.4 is 0 Å². The van der Waals surface area contributed by atoms with Crippen LogP contribution in [0.5, 0.6) is 0 Å². The average Bonchev–Trinajstić information content (AvgIpc) is 3.64. The molecule has 0 spiro atoms. The molecule has 2 saturated heterocycles. The van der Waals surface area contributed by atoms with Crippen molar-refractivity contribution in [2.45, 2.75) is 111 Å². The van der Waals surface area contributed by atoms with E-state index in [9.17, 15) is 24.0 Å². The van der Waals surface area contributed by atoms with Crippen molar-refractivity contribution < 1.29 is 33.4 Å². The van der Waals surface area contributed by atoms with E-state index in [0.717, 1.165) is 33.4 Å². The summed E-state index contributed by atoms with van der Waals surface area (Å²) in [5.41, 5.74) is 4.99. The molecule has 2 fully saturated rings. The third kappa shape index (κ3) is 11.6. The zero-order chi connectivity index (χ0) is 43.3. The maximum atomic E-state index is 13.2. The lowest BCUT2D eigenvalue weighted by atomic mass is 9.81. The minimum Gasteiger partial charge on any atom is -0.443 e. The first-order valence-corrected chi connectivity index (χ1v) is 20.2. The van der Waals surface area contributed by atoms with Crippen molar-refractivity contribution in [1.29, 1.82) is 0 Å². The first kappa shape index (κ1) is 44.3. The van der Waals surface area contributed by atoms with Gasteiger partial charge >= 0.3 is 12.2 Å². The molecule has 9 nitrogen and oxygen atoms in total. The van der Waals surface area contributed by atoms with Gasteiger partial charge in [0.05, 0.1) is 12.0 Å². The number of ketones is 1. The molecule has 2 aliphatic heterocycles. The molecule has 59 heavy (non-hydrogen) atoms. The van der Waals surface area contributed by atoms with Crippen molar-refractivity contribution in [1.82, 2.24) is 9.80 Å². The van der Waals surface area contributed by atoms with Crippen LogP contribution in [0.15, 0.2) is 121 Å². The summed E-state index contributed by atoms with van der Waals surface area (Å²) in [6, 6.07) is 35.9. The molecule has 3 atom stereocenters. The standard InChI is InChI=1S/C27H33NO4.C23H25NO3/c1-26(2,3)23(29)22-17-21(28(24(22)30)25(31)32-27(4,5)6)16-18-12-14-20(15-13-18)19-10-8-7-9-11-19;1-16-14-20(24(21(16)25)22(26)27-23(2,3)4)15-17-10-12-19(13-11-17)18-8-6-5-7-9-18/h7-15,21-22H,16-17H2,1-6H3;5-13,20H,1,14-15H2,2-4H3/t21-,22?;20-/m10/s1. The van der Waals surface area contributed by atoms with Crippen LogP contribution in [0.2, 0.25) is 0 Å². The number of hydrogen-bond donors (Lipinski definition) is 0. The lowest BCUT2D eigenvalue weighted by molar-refractivity contribution is -0.140. The first-order valence-electron chi connectivity index (χ1n) is 20.2. The summed E-state index contributed by atoms with van der Waals surface area (Å²) in [5, 5.41) is 0. The van der Waals surface area contributed by atoms with Crippen molar-refractivity contribution in [2.24, 2.45) is 11.3 Å². The van der Waals surface area contributed by atoms with Crippen molar-refractivity contribution in [2.75, 3.05) is 0 Å². The van der Waals surface area contributed by atoms with Crippen molar-refractivity contribution in [3.05, 3.63) is 132 Å². The molecule has 0 aliphatic carbocycles. The molecular formula is C50H58N2O7. The van der Waals surface area contributed by atoms with E-state index in [1.54, 1.807) is 62.3 Å². The Kier molecular flexibility index (Phi) is 13.5. The molecule has 0 radical (unpaired) electrons. The Labute approximate surface area is 349 Å². The molecular weight excluding hydrogens is 741 g/mol. The molecule has 0 N–H and O–H groups in total. The summed E-state index contributed by atoms with van der Waals surface area (Å²) in [6.45, 7) is 19.9. The van der Waals surface area contributed by atoms with Gasteiger partial charge < -0.3 is 9.47 Å². The number of ether oxygens (including phenoxy) is 2. The van der Waals surface area contributed by atoms with Crippen molar-refractivity contribution in [3.8, 4) is 22.3 Å². The molecule has 2 heterocycles. The maximum absolute atomic E-state index is 13.2. The van der Waals surface area contributed by atoms with Gasteiger partial charge in [-0.2, -0.15) is 0 Å². The molecule has 0 saturated carbocycles. The van der Waals surface area contributed by atoms with E-state index < -0.39 is 46.7 Å². The van der Waals surface area contributed by atoms with E-state index in [2.05, 4.69) is 43.0 Å². The zero-order valence-electron chi connectivity index (χ0n) is 35.9. The van der Waals surface area contributed by atoms with Gasteiger partial charge in [0.25, 0.3) is 5.91 Å². The molecule has 310 valence electrons. The van der Waals surface area contributed by atoms with Crippen LogP contribution in [0.4, 0.5) is 9.59 Å². The lowest BCUT2D eigenvalue weighted by Gasteiger charge is -2.27. The second-order valence-electron chi connectivity index (χ2n) is 18.4. The molecule has 4 amide bonds. The van der Waals surface area contributed by atoms with Crippen LogP contribution in [0.1, 0.15) is 86.3 Å². The Bertz CT molecular complexity index is 2140. The van der Waals surface area contributed by atoms with Gasteiger partial charge in [0.1, 0.15) is 11.2 Å². The van der Waals surface area contributed by atoms with Gasteiger partial charge in [-0.05, 0) is 101 Å². The number of benzene rings is 4. The number of rotatable bonds is 7. The third-order valence-corrected chi connectivity index (χ3v) is 10.1. The third-order valence-electron chi connectivity index (χ3n) is 10.1. The van der Waals surface area contributed by atoms with Crippen LogP contribution in [0, 0.1) is 11.3 Å². The summed E-state index contributed by atoms with van der Waals surface area (Å²) < 4.78 is 10.9. The number of Topliss-reactive ketones (excluding diaryl/α,β-unsaturated/α-hetero) is 1. The highest BCUT2D eigenvalue weighted by Gasteiger charge is 2.49. The molecule has 0 aromatic heterocycles. The minimum atomic E-state index is -0.823. The van der Waals surface area contributed by atoms with Gasteiger partial charge in [0.15, 0.2) is 5.78 Å². The van der Waals surface area contributed by atoms with Crippen molar-refractivity contribution >= 4 is 29.8 Å². The number of nitrogens with zero attached hydrogens (tertiary/aromatic N) is 2. The summed E-state index contributed by atoms with van der Waals surface area (Å²) in [4.78, 5) is 66.3. The van der Waals surface area contributed by atoms with Crippen LogP contribution in [0.3, 0.4) is 0 Å². The Hall–Kier alpha value is -5.83. The monoisotopic (exact) mass is 798 g/mol. The number of amides is 4. The van der Waals surface area contributed by atoms with Gasteiger partial charge in [-0.25, -0.2) is 19.4 Å². The van der Waals surface area contributed by atoms with Crippen LogP contribution in [0.25, 0.3) is 22.3 Å². The second kappa shape index (κ2) is 18.0. The van der Waals surface area contributed by atoms with E-state index in [1.165, 1.54) is 9.80 Å². The summed E-state index contributed by atoms with van der Waals surface area (Å²) in [5.74, 6) is -1.76. The molecule has 9 heteroatoms. The number of carbonyl (C=O) groups is 5. The molecule has 2 aliphatic rings. The summed E-state index contributed by atoms with van der Waals surface area (Å²) in [6.07, 6.45) is 0.565. The van der Waals surface area contributed by atoms with Gasteiger partial charge in [0, 0.05) is 17.0 Å². The number of imide groups is 2. The lowest BCUT2D eigenvalue weighted by Crippen LogP contribution is -2.44. The van der Waals surface area contributed by atoms with E-state index in [4.69, 9.17) is 9.47 Å². The van der Waals surface area contributed by atoms with Crippen LogP contribution in [-0.4, -0.2) is 62.9 Å². The number of likely N-dealkylation sites (tertiary alicyclic amines) is 2. The predicted octanol–water partition coefficient (Wildman–Crippen LogP) is 10.7. The molecule has 0 bridgehead atoms. The SMILES string of the molecule is C=C1C[C@@H](Cc2ccc(-c3ccccc3)cc2)N(C(=O)OC(C)(C)C)C1=O.CC(C)(C)OC(=O)N1C(=O)C(C(=O)C(C)(C)C)C[C@H]1Cc1ccc(-c2ccccc2)cc1. The van der Waals surface area contributed by atoms with Gasteiger partial charge in [-0.15, -0.1) is 0 Å². The molecule has 4 aromatic rings. The molecule has 4 aromatic carbocycles. The van der Waals surface area contributed by atoms with E-state index >= 15 is 0 Å². The molecule has 6 rings (SSSR count). The largest absolute Gasteiger partial charge is 0.443 e. The van der Waals surface area contributed by atoms with E-state index in [0.29, 0.717) is 31.3 Å². The fraction of sp³-hybridized carbons (Fsp3) is 0.380. The smallest absolute Gasteiger partial charge is 0.417 e. The van der Waals surface area contributed by atoms with Crippen molar-refractivity contribution in [3.63, 3.8) is 0 Å². The summed E-state index contributed by atoms with van der Waals surface area (Å²) in [7, 11) is 0. The van der Waals surface area contributed by atoms with Crippen LogP contribution >= 0.6 is 0 Å². The Morgan fingerprint density at radius 1 is 0.576 bits per heavy atom. The molecule has 1 unspecified atom stereocenters. The van der Waals surface area contributed by atoms with E-state index in [1.807, 2.05) is 72.8 Å². The van der Waals surface area contributed by atoms with E-state index in [-0.39, 0.29) is 17.7 Å². The number of hydrogen-bond acceptors (Lipinski definition) is 7. The highest BCUT2D eigenvalue weighted by molar-refractivity contribution is 6.09. The van der Waals surface area contributed by atoms with Gasteiger partial charge in [-0.1, -0.05) is 137 Å². The quantitative estimate of drug-likeness (QED) is 0.135. The maximum Gasteiger partial charge on any atom is 0.417 e. The Morgan fingerprint density at radius 3 is 1.37 bits per heavy atom. The summed E-state index contributed by atoms with van der Waals surface area (Å²) >= 11 is 0. The normalized spacial score (nSPS) is 18.3. The average molecular weight is 799 g/mol. The highest BCUT2D eigenvalue weighted by atomic mass is 16.6. The fourth-order valence-electron chi connectivity index (χ4n) is 7.27. The number of carbonyl (C=O) groups excluding carboxylic acids is 5. The van der Waals surface area contributed by atoms with Gasteiger partial charge in [0.2, 0.25) is 5.91 Å². The van der Waals surface area contributed by atoms with Crippen LogP contribution in [-0.2, 0) is 36.7 Å². The predicted molar refractivity (Wildman–Crippen MR) is 231 cm³/mol. The fourth-order valence-corrected chi connectivity index (χ4v) is 7.27. The highest BCUT2D eigenvalue weighted by Crippen LogP contribution is 2.35.